The lowest BCUT2D eigenvalue weighted by atomic mass is 9.94. The molecule has 0 radical (unpaired) electrons. The quantitative estimate of drug-likeness (QED) is 0.728. The normalized spacial score (nSPS) is 28.2. The van der Waals surface area contributed by atoms with Gasteiger partial charge in [-0.15, -0.1) is 0 Å². The van der Waals surface area contributed by atoms with Crippen LogP contribution in [-0.4, -0.2) is 30.2 Å². The first kappa shape index (κ1) is 11.5. The minimum Gasteiger partial charge on any atom is -0.308 e. The monoisotopic (exact) mass is 246 g/mol. The van der Waals surface area contributed by atoms with E-state index in [2.05, 4.69) is 40.4 Å². The fourth-order valence-electron chi connectivity index (χ4n) is 2.72. The smallest absolute Gasteiger partial charge is 0.308 e. The molecule has 96 valence electrons. The van der Waals surface area contributed by atoms with Crippen LogP contribution in [-0.2, 0) is 0 Å². The molecule has 0 spiro atoms. The number of amides is 2. The molecule has 18 heavy (non-hydrogen) atoms. The first-order valence-electron chi connectivity index (χ1n) is 6.42. The molecule has 2 fully saturated rings. The number of rotatable bonds is 2. The zero-order valence-electron chi connectivity index (χ0n) is 10.2. The van der Waals surface area contributed by atoms with Crippen molar-refractivity contribution in [3.63, 3.8) is 0 Å². The molecule has 2 aliphatic heterocycles. The Kier molecular flexibility index (Phi) is 3.17. The zero-order valence-corrected chi connectivity index (χ0v) is 10.2. The van der Waals surface area contributed by atoms with E-state index in [1.807, 2.05) is 11.0 Å². The third-order valence-corrected chi connectivity index (χ3v) is 3.74. The first-order valence-corrected chi connectivity index (χ1v) is 6.42. The molecule has 2 atom stereocenters. The molecule has 3 rings (SSSR count). The Morgan fingerprint density at radius 3 is 2.61 bits per heavy atom. The average molecular weight is 246 g/mol. The van der Waals surface area contributed by atoms with E-state index < -0.39 is 0 Å². The second kappa shape index (κ2) is 4.96. The third kappa shape index (κ3) is 2.19. The van der Waals surface area contributed by atoms with E-state index in [1.54, 1.807) is 0 Å². The molecular formula is C13H18N4O. The molecule has 0 saturated carbocycles. The van der Waals surface area contributed by atoms with Gasteiger partial charge >= 0.3 is 6.03 Å². The number of hydrogen-bond donors (Lipinski definition) is 3. The number of carbonyl (C=O) groups excluding carboxylic acids is 1. The van der Waals surface area contributed by atoms with Gasteiger partial charge in [0.2, 0.25) is 0 Å². The standard InChI is InChI=1S/C13H18N4O/c18-13-16-15-9-17(13)11-6-7-12(14-8-11)10-4-2-1-3-5-10/h1-5,11-12,14-15H,6-9H2,(H,16,18). The lowest BCUT2D eigenvalue weighted by molar-refractivity contribution is 0.174. The van der Waals surface area contributed by atoms with Crippen LogP contribution in [0.4, 0.5) is 4.79 Å². The van der Waals surface area contributed by atoms with Crippen molar-refractivity contribution in [3.05, 3.63) is 35.9 Å². The van der Waals surface area contributed by atoms with Gasteiger partial charge in [0.25, 0.3) is 0 Å². The van der Waals surface area contributed by atoms with Crippen LogP contribution in [0.25, 0.3) is 0 Å². The number of nitrogens with zero attached hydrogens (tertiary/aromatic N) is 1. The number of urea groups is 1. The fraction of sp³-hybridized carbons (Fsp3) is 0.462. The lowest BCUT2D eigenvalue weighted by Gasteiger charge is -2.34. The molecular weight excluding hydrogens is 228 g/mol. The van der Waals surface area contributed by atoms with E-state index in [0.717, 1.165) is 19.4 Å². The minimum atomic E-state index is -0.0139. The molecule has 5 nitrogen and oxygen atoms in total. The second-order valence-electron chi connectivity index (χ2n) is 4.84. The summed E-state index contributed by atoms with van der Waals surface area (Å²) in [5.41, 5.74) is 6.81. The van der Waals surface area contributed by atoms with Crippen molar-refractivity contribution in [1.29, 1.82) is 0 Å². The van der Waals surface area contributed by atoms with Crippen molar-refractivity contribution in [2.75, 3.05) is 13.2 Å². The van der Waals surface area contributed by atoms with E-state index in [9.17, 15) is 4.79 Å². The maximum atomic E-state index is 11.5. The largest absolute Gasteiger partial charge is 0.333 e. The van der Waals surface area contributed by atoms with Gasteiger partial charge in [-0.2, -0.15) is 0 Å². The lowest BCUT2D eigenvalue weighted by Crippen LogP contribution is -2.48. The predicted octanol–water partition coefficient (Wildman–Crippen LogP) is 0.967. The van der Waals surface area contributed by atoms with Crippen molar-refractivity contribution >= 4 is 6.03 Å². The van der Waals surface area contributed by atoms with Crippen LogP contribution in [0.1, 0.15) is 24.4 Å². The summed E-state index contributed by atoms with van der Waals surface area (Å²) in [4.78, 5) is 13.4. The summed E-state index contributed by atoms with van der Waals surface area (Å²) in [5.74, 6) is 0. The number of hydrogen-bond acceptors (Lipinski definition) is 3. The van der Waals surface area contributed by atoms with E-state index in [0.29, 0.717) is 18.8 Å². The summed E-state index contributed by atoms with van der Waals surface area (Å²) in [6.07, 6.45) is 2.11. The summed E-state index contributed by atoms with van der Waals surface area (Å²) in [6, 6.07) is 11.2. The van der Waals surface area contributed by atoms with Gasteiger partial charge in [-0.25, -0.2) is 10.2 Å². The molecule has 2 aliphatic rings. The van der Waals surface area contributed by atoms with Gasteiger partial charge in [-0.05, 0) is 18.4 Å². The molecule has 0 bridgehead atoms. The first-order chi connectivity index (χ1) is 8.84. The van der Waals surface area contributed by atoms with Gasteiger partial charge in [0, 0.05) is 18.6 Å². The maximum Gasteiger partial charge on any atom is 0.333 e. The summed E-state index contributed by atoms with van der Waals surface area (Å²) in [7, 11) is 0. The Labute approximate surface area is 107 Å². The van der Waals surface area contributed by atoms with Crippen molar-refractivity contribution in [1.82, 2.24) is 21.1 Å². The van der Waals surface area contributed by atoms with Crippen LogP contribution in [0, 0.1) is 0 Å². The van der Waals surface area contributed by atoms with Crippen molar-refractivity contribution in [2.24, 2.45) is 0 Å². The molecule has 2 saturated heterocycles. The van der Waals surface area contributed by atoms with Crippen LogP contribution < -0.4 is 16.2 Å². The highest BCUT2D eigenvalue weighted by atomic mass is 16.2. The summed E-state index contributed by atoms with van der Waals surface area (Å²) >= 11 is 0. The highest BCUT2D eigenvalue weighted by molar-refractivity contribution is 5.75. The highest BCUT2D eigenvalue weighted by Crippen LogP contribution is 2.25. The summed E-state index contributed by atoms with van der Waals surface area (Å²) in [5, 5.41) is 3.53. The Hall–Kier alpha value is -1.59. The molecule has 2 heterocycles. The number of piperidine rings is 1. The average Bonchev–Trinajstić information content (AvgIpc) is 2.86. The Bertz CT molecular complexity index is 414. The van der Waals surface area contributed by atoms with Gasteiger partial charge in [0.1, 0.15) is 0 Å². The minimum absolute atomic E-state index is 0.0139. The Balaban J connectivity index is 1.60. The number of nitrogens with one attached hydrogen (secondary N) is 3. The van der Waals surface area contributed by atoms with Crippen LogP contribution in [0.15, 0.2) is 30.3 Å². The zero-order chi connectivity index (χ0) is 12.4. The number of carbonyl (C=O) groups is 1. The van der Waals surface area contributed by atoms with Gasteiger partial charge in [0.15, 0.2) is 0 Å². The summed E-state index contributed by atoms with van der Waals surface area (Å²) < 4.78 is 0. The highest BCUT2D eigenvalue weighted by Gasteiger charge is 2.31. The number of hydrazine groups is 1. The number of benzene rings is 1. The van der Waals surface area contributed by atoms with Gasteiger partial charge < -0.3 is 10.2 Å². The SMILES string of the molecule is O=C1NNCN1C1CCC(c2ccccc2)NC1. The van der Waals surface area contributed by atoms with E-state index >= 15 is 0 Å². The molecule has 0 aliphatic carbocycles. The van der Waals surface area contributed by atoms with Crippen LogP contribution in [0.3, 0.4) is 0 Å². The Morgan fingerprint density at radius 1 is 1.17 bits per heavy atom. The van der Waals surface area contributed by atoms with Crippen LogP contribution in [0.2, 0.25) is 0 Å². The fourth-order valence-corrected chi connectivity index (χ4v) is 2.72. The van der Waals surface area contributed by atoms with Gasteiger partial charge in [-0.1, -0.05) is 30.3 Å². The second-order valence-corrected chi connectivity index (χ2v) is 4.84. The predicted molar refractivity (Wildman–Crippen MR) is 68.6 cm³/mol. The van der Waals surface area contributed by atoms with Crippen molar-refractivity contribution in [3.8, 4) is 0 Å². The van der Waals surface area contributed by atoms with Gasteiger partial charge in [-0.3, -0.25) is 5.43 Å². The van der Waals surface area contributed by atoms with Crippen LogP contribution in [0.5, 0.6) is 0 Å². The van der Waals surface area contributed by atoms with Crippen molar-refractivity contribution < 1.29 is 4.79 Å². The third-order valence-electron chi connectivity index (χ3n) is 3.74. The van der Waals surface area contributed by atoms with E-state index in [1.165, 1.54) is 5.56 Å². The van der Waals surface area contributed by atoms with Crippen LogP contribution >= 0.6 is 0 Å². The van der Waals surface area contributed by atoms with Gasteiger partial charge in [0.05, 0.1) is 6.67 Å². The maximum absolute atomic E-state index is 11.5. The molecule has 0 aromatic heterocycles. The molecule has 3 N–H and O–H groups in total. The molecule has 2 unspecified atom stereocenters. The van der Waals surface area contributed by atoms with E-state index in [-0.39, 0.29) is 6.03 Å². The Morgan fingerprint density at radius 2 is 2.00 bits per heavy atom. The molecule has 5 heteroatoms. The molecule has 1 aromatic carbocycles. The molecule has 2 amide bonds. The topological polar surface area (TPSA) is 56.4 Å². The summed E-state index contributed by atoms with van der Waals surface area (Å²) in [6.45, 7) is 1.45. The van der Waals surface area contributed by atoms with E-state index in [4.69, 9.17) is 0 Å². The van der Waals surface area contributed by atoms with Crippen molar-refractivity contribution in [2.45, 2.75) is 24.9 Å². The molecule has 1 aromatic rings.